The molecule has 0 aliphatic heterocycles. The number of hydrogen-bond acceptors (Lipinski definition) is 0. The molecule has 16 heavy (non-hydrogen) atoms. The summed E-state index contributed by atoms with van der Waals surface area (Å²) in [5.74, 6) is 0.765. The van der Waals surface area contributed by atoms with Crippen molar-refractivity contribution < 1.29 is 0 Å². The SMILES string of the molecule is CC(C)CCC(CBr)(CBr)c1ccccc1. The van der Waals surface area contributed by atoms with E-state index in [1.165, 1.54) is 18.4 Å². The summed E-state index contributed by atoms with van der Waals surface area (Å²) in [6.45, 7) is 4.58. The Morgan fingerprint density at radius 3 is 2.06 bits per heavy atom. The third-order valence-electron chi connectivity index (χ3n) is 3.10. The second-order valence-electron chi connectivity index (χ2n) is 4.85. The van der Waals surface area contributed by atoms with Gasteiger partial charge in [-0.2, -0.15) is 0 Å². The van der Waals surface area contributed by atoms with Crippen molar-refractivity contribution in [3.8, 4) is 0 Å². The zero-order valence-electron chi connectivity index (χ0n) is 10.0. The van der Waals surface area contributed by atoms with E-state index in [1.807, 2.05) is 0 Å². The van der Waals surface area contributed by atoms with Crippen molar-refractivity contribution in [1.29, 1.82) is 0 Å². The lowest BCUT2D eigenvalue weighted by molar-refractivity contribution is 0.431. The van der Waals surface area contributed by atoms with E-state index in [2.05, 4.69) is 76.0 Å². The first-order chi connectivity index (χ1) is 7.64. The van der Waals surface area contributed by atoms with Crippen LogP contribution in [0.4, 0.5) is 0 Å². The minimum Gasteiger partial charge on any atom is -0.0918 e. The first-order valence-corrected chi connectivity index (χ1v) is 8.06. The fourth-order valence-corrected chi connectivity index (χ4v) is 3.96. The molecule has 90 valence electrons. The predicted octanol–water partition coefficient (Wildman–Crippen LogP) is 5.15. The molecule has 0 bridgehead atoms. The van der Waals surface area contributed by atoms with Gasteiger partial charge in [0.2, 0.25) is 0 Å². The van der Waals surface area contributed by atoms with Gasteiger partial charge in [0, 0.05) is 16.1 Å². The largest absolute Gasteiger partial charge is 0.0918 e. The average molecular weight is 348 g/mol. The van der Waals surface area contributed by atoms with Crippen LogP contribution in [0.3, 0.4) is 0 Å². The fourth-order valence-electron chi connectivity index (χ4n) is 1.82. The van der Waals surface area contributed by atoms with Gasteiger partial charge in [-0.1, -0.05) is 82.5 Å². The highest BCUT2D eigenvalue weighted by Crippen LogP contribution is 2.34. The van der Waals surface area contributed by atoms with Crippen molar-refractivity contribution in [2.24, 2.45) is 5.92 Å². The van der Waals surface area contributed by atoms with Crippen molar-refractivity contribution in [1.82, 2.24) is 0 Å². The molecule has 0 heterocycles. The molecule has 0 amide bonds. The van der Waals surface area contributed by atoms with Gasteiger partial charge >= 0.3 is 0 Å². The molecule has 0 spiro atoms. The topological polar surface area (TPSA) is 0 Å². The molecule has 2 heteroatoms. The van der Waals surface area contributed by atoms with Crippen molar-refractivity contribution >= 4 is 31.9 Å². The normalized spacial score (nSPS) is 12.1. The number of benzene rings is 1. The molecule has 0 aromatic heterocycles. The van der Waals surface area contributed by atoms with E-state index in [0.29, 0.717) is 0 Å². The Labute approximate surface area is 116 Å². The van der Waals surface area contributed by atoms with Crippen LogP contribution in [-0.4, -0.2) is 10.7 Å². The third kappa shape index (κ3) is 3.59. The third-order valence-corrected chi connectivity index (χ3v) is 5.24. The summed E-state index contributed by atoms with van der Waals surface area (Å²) in [7, 11) is 0. The maximum absolute atomic E-state index is 3.69. The summed E-state index contributed by atoms with van der Waals surface area (Å²) in [4.78, 5) is 0. The van der Waals surface area contributed by atoms with E-state index in [1.54, 1.807) is 0 Å². The average Bonchev–Trinajstić information content (AvgIpc) is 2.32. The van der Waals surface area contributed by atoms with Crippen molar-refractivity contribution in [2.75, 3.05) is 10.7 Å². The van der Waals surface area contributed by atoms with Crippen LogP contribution in [0.1, 0.15) is 32.3 Å². The van der Waals surface area contributed by atoms with E-state index >= 15 is 0 Å². The Morgan fingerprint density at radius 1 is 1.06 bits per heavy atom. The van der Waals surface area contributed by atoms with E-state index in [9.17, 15) is 0 Å². The zero-order valence-corrected chi connectivity index (χ0v) is 13.2. The van der Waals surface area contributed by atoms with Crippen LogP contribution < -0.4 is 0 Å². The lowest BCUT2D eigenvalue weighted by Gasteiger charge is -2.31. The smallest absolute Gasteiger partial charge is 0.0147 e. The van der Waals surface area contributed by atoms with Crippen molar-refractivity contribution in [2.45, 2.75) is 32.1 Å². The van der Waals surface area contributed by atoms with Gasteiger partial charge in [0.05, 0.1) is 0 Å². The van der Waals surface area contributed by atoms with E-state index < -0.39 is 0 Å². The van der Waals surface area contributed by atoms with Crippen molar-refractivity contribution in [3.63, 3.8) is 0 Å². The molecule has 0 atom stereocenters. The van der Waals surface area contributed by atoms with Crippen LogP contribution in [0.5, 0.6) is 0 Å². The van der Waals surface area contributed by atoms with E-state index in [4.69, 9.17) is 0 Å². The van der Waals surface area contributed by atoms with Crippen LogP contribution >= 0.6 is 31.9 Å². The van der Waals surface area contributed by atoms with Crippen LogP contribution in [0.15, 0.2) is 30.3 Å². The van der Waals surface area contributed by atoms with Crippen LogP contribution in [0, 0.1) is 5.92 Å². The zero-order chi connectivity index (χ0) is 12.0. The Morgan fingerprint density at radius 2 is 1.62 bits per heavy atom. The summed E-state index contributed by atoms with van der Waals surface area (Å²) < 4.78 is 0. The summed E-state index contributed by atoms with van der Waals surface area (Å²) in [5, 5.41) is 2.03. The molecule has 0 aliphatic carbocycles. The van der Waals surface area contributed by atoms with Crippen LogP contribution in [0.25, 0.3) is 0 Å². The molecule has 0 fully saturated rings. The minimum absolute atomic E-state index is 0.242. The Bertz CT molecular complexity index is 289. The highest BCUT2D eigenvalue weighted by atomic mass is 79.9. The van der Waals surface area contributed by atoms with Gasteiger partial charge < -0.3 is 0 Å². The van der Waals surface area contributed by atoms with Gasteiger partial charge in [-0.15, -0.1) is 0 Å². The fraction of sp³-hybridized carbons (Fsp3) is 0.571. The van der Waals surface area contributed by atoms with Crippen LogP contribution in [0.2, 0.25) is 0 Å². The van der Waals surface area contributed by atoms with E-state index in [-0.39, 0.29) is 5.41 Å². The van der Waals surface area contributed by atoms with Gasteiger partial charge in [-0.3, -0.25) is 0 Å². The summed E-state index contributed by atoms with van der Waals surface area (Å²) >= 11 is 7.38. The maximum Gasteiger partial charge on any atom is 0.0147 e. The number of rotatable bonds is 6. The molecule has 0 saturated heterocycles. The van der Waals surface area contributed by atoms with Gasteiger partial charge in [0.25, 0.3) is 0 Å². The monoisotopic (exact) mass is 346 g/mol. The molecule has 0 unspecified atom stereocenters. The number of hydrogen-bond donors (Lipinski definition) is 0. The second kappa shape index (κ2) is 6.80. The number of alkyl halides is 2. The van der Waals surface area contributed by atoms with Gasteiger partial charge in [-0.25, -0.2) is 0 Å². The molecule has 0 aliphatic rings. The second-order valence-corrected chi connectivity index (χ2v) is 5.97. The minimum atomic E-state index is 0.242. The standard InChI is InChI=1S/C14H20Br2/c1-12(2)8-9-14(10-15,11-16)13-6-4-3-5-7-13/h3-7,12H,8-11H2,1-2H3. The molecule has 0 N–H and O–H groups in total. The van der Waals surface area contributed by atoms with Gasteiger partial charge in [0.15, 0.2) is 0 Å². The molecule has 1 aromatic carbocycles. The first-order valence-electron chi connectivity index (χ1n) is 5.82. The molecule has 0 radical (unpaired) electrons. The van der Waals surface area contributed by atoms with Crippen molar-refractivity contribution in [3.05, 3.63) is 35.9 Å². The molecular weight excluding hydrogens is 328 g/mol. The summed E-state index contributed by atoms with van der Waals surface area (Å²) in [5.41, 5.74) is 1.68. The Balaban J connectivity index is 2.87. The molecule has 1 aromatic rings. The highest BCUT2D eigenvalue weighted by molar-refractivity contribution is 9.09. The number of halogens is 2. The lowest BCUT2D eigenvalue weighted by Crippen LogP contribution is -2.30. The first kappa shape index (κ1) is 14.2. The summed E-state index contributed by atoms with van der Waals surface area (Å²) in [6.07, 6.45) is 2.50. The molecule has 0 nitrogen and oxygen atoms in total. The van der Waals surface area contributed by atoms with Gasteiger partial charge in [0.1, 0.15) is 0 Å². The molecule has 0 saturated carbocycles. The Hall–Kier alpha value is 0.180. The Kier molecular flexibility index (Phi) is 6.06. The quantitative estimate of drug-likeness (QED) is 0.624. The molecular formula is C14H20Br2. The van der Waals surface area contributed by atoms with E-state index in [0.717, 1.165) is 16.6 Å². The predicted molar refractivity (Wildman–Crippen MR) is 79.8 cm³/mol. The molecule has 1 rings (SSSR count). The summed E-state index contributed by atoms with van der Waals surface area (Å²) in [6, 6.07) is 10.8. The lowest BCUT2D eigenvalue weighted by atomic mass is 9.79. The van der Waals surface area contributed by atoms with Gasteiger partial charge in [-0.05, 0) is 17.9 Å². The van der Waals surface area contributed by atoms with Crippen LogP contribution in [-0.2, 0) is 5.41 Å². The highest BCUT2D eigenvalue weighted by Gasteiger charge is 2.29. The maximum atomic E-state index is 3.69.